The van der Waals surface area contributed by atoms with Crippen LogP contribution in [0, 0.1) is 0 Å². The fraction of sp³-hybridized carbons (Fsp3) is 0.455. The lowest BCUT2D eigenvalue weighted by Gasteiger charge is -2.06. The molecule has 0 saturated carbocycles. The van der Waals surface area contributed by atoms with E-state index in [2.05, 4.69) is 6.92 Å². The van der Waals surface area contributed by atoms with Crippen molar-refractivity contribution in [3.63, 3.8) is 0 Å². The summed E-state index contributed by atoms with van der Waals surface area (Å²) >= 11 is 0. The normalized spacial score (nSPS) is 10.3. The van der Waals surface area contributed by atoms with E-state index in [1.54, 1.807) is 12.1 Å². The van der Waals surface area contributed by atoms with Gasteiger partial charge >= 0.3 is 0 Å². The van der Waals surface area contributed by atoms with Crippen molar-refractivity contribution < 1.29 is 10.2 Å². The lowest BCUT2D eigenvalue weighted by molar-refractivity contribution is 0.280. The Balaban J connectivity index is 2.79. The number of benzene rings is 1. The molecule has 0 unspecified atom stereocenters. The van der Waals surface area contributed by atoms with Gasteiger partial charge < -0.3 is 10.2 Å². The highest BCUT2D eigenvalue weighted by molar-refractivity contribution is 5.34. The first-order valence-electron chi connectivity index (χ1n) is 4.69. The number of phenolic OH excluding ortho intramolecular Hbond substituents is 1. The van der Waals surface area contributed by atoms with E-state index in [1.807, 2.05) is 6.07 Å². The van der Waals surface area contributed by atoms with Crippen LogP contribution in [0.15, 0.2) is 18.2 Å². The zero-order chi connectivity index (χ0) is 9.68. The molecule has 1 rings (SSSR count). The molecule has 0 aromatic heterocycles. The quantitative estimate of drug-likeness (QED) is 0.746. The molecule has 0 aliphatic heterocycles. The summed E-state index contributed by atoms with van der Waals surface area (Å²) in [6, 6.07) is 5.19. The SMILES string of the molecule is CCCCc1ccc(O)cc1CO. The Labute approximate surface area is 78.8 Å². The second kappa shape index (κ2) is 4.87. The van der Waals surface area contributed by atoms with E-state index in [9.17, 15) is 5.11 Å². The molecule has 2 heteroatoms. The van der Waals surface area contributed by atoms with Gasteiger partial charge in [0.2, 0.25) is 0 Å². The second-order valence-electron chi connectivity index (χ2n) is 3.21. The molecule has 2 nitrogen and oxygen atoms in total. The molecule has 0 atom stereocenters. The van der Waals surface area contributed by atoms with Gasteiger partial charge in [0.25, 0.3) is 0 Å². The lowest BCUT2D eigenvalue weighted by atomic mass is 10.0. The van der Waals surface area contributed by atoms with E-state index in [-0.39, 0.29) is 12.4 Å². The Hall–Kier alpha value is -1.02. The zero-order valence-corrected chi connectivity index (χ0v) is 7.95. The van der Waals surface area contributed by atoms with Crippen LogP contribution in [0.25, 0.3) is 0 Å². The minimum Gasteiger partial charge on any atom is -0.508 e. The molecule has 1 aromatic carbocycles. The van der Waals surface area contributed by atoms with Crippen molar-refractivity contribution in [2.45, 2.75) is 32.8 Å². The van der Waals surface area contributed by atoms with Gasteiger partial charge in [-0.25, -0.2) is 0 Å². The van der Waals surface area contributed by atoms with Crippen molar-refractivity contribution >= 4 is 0 Å². The van der Waals surface area contributed by atoms with Crippen LogP contribution in [0.5, 0.6) is 5.75 Å². The van der Waals surface area contributed by atoms with Crippen LogP contribution in [-0.2, 0) is 13.0 Å². The lowest BCUT2D eigenvalue weighted by Crippen LogP contribution is -1.93. The molecule has 0 aliphatic carbocycles. The molecule has 0 spiro atoms. The van der Waals surface area contributed by atoms with Gasteiger partial charge in [0.05, 0.1) is 6.61 Å². The molecule has 1 aromatic rings. The van der Waals surface area contributed by atoms with Gasteiger partial charge in [0.15, 0.2) is 0 Å². The van der Waals surface area contributed by atoms with Crippen molar-refractivity contribution in [1.82, 2.24) is 0 Å². The maximum absolute atomic E-state index is 9.18. The molecule has 0 amide bonds. The summed E-state index contributed by atoms with van der Waals surface area (Å²) in [5, 5.41) is 18.2. The molecule has 0 radical (unpaired) electrons. The molecule has 0 bridgehead atoms. The third-order valence-electron chi connectivity index (χ3n) is 2.16. The van der Waals surface area contributed by atoms with Crippen molar-refractivity contribution in [3.05, 3.63) is 29.3 Å². The van der Waals surface area contributed by atoms with E-state index < -0.39 is 0 Å². The predicted octanol–water partition coefficient (Wildman–Crippen LogP) is 2.23. The van der Waals surface area contributed by atoms with Gasteiger partial charge in [-0.3, -0.25) is 0 Å². The predicted molar refractivity (Wildman–Crippen MR) is 52.6 cm³/mol. The average Bonchev–Trinajstić information content (AvgIpc) is 2.16. The van der Waals surface area contributed by atoms with Gasteiger partial charge in [-0.1, -0.05) is 19.4 Å². The number of aliphatic hydroxyl groups excluding tert-OH is 1. The van der Waals surface area contributed by atoms with E-state index >= 15 is 0 Å². The minimum absolute atomic E-state index is 0.00739. The number of hydrogen-bond acceptors (Lipinski definition) is 2. The highest BCUT2D eigenvalue weighted by Crippen LogP contribution is 2.18. The second-order valence-corrected chi connectivity index (χ2v) is 3.21. The van der Waals surface area contributed by atoms with Gasteiger partial charge in [-0.05, 0) is 36.1 Å². The van der Waals surface area contributed by atoms with Crippen LogP contribution in [0.4, 0.5) is 0 Å². The first-order chi connectivity index (χ1) is 6.27. The summed E-state index contributed by atoms with van der Waals surface area (Å²) in [4.78, 5) is 0. The zero-order valence-electron chi connectivity index (χ0n) is 7.95. The van der Waals surface area contributed by atoms with Crippen molar-refractivity contribution in [3.8, 4) is 5.75 Å². The maximum atomic E-state index is 9.18. The number of unbranched alkanes of at least 4 members (excludes halogenated alkanes) is 1. The molecule has 0 fully saturated rings. The van der Waals surface area contributed by atoms with Crippen LogP contribution in [0.1, 0.15) is 30.9 Å². The third-order valence-corrected chi connectivity index (χ3v) is 2.16. The number of aromatic hydroxyl groups is 1. The molecule has 2 N–H and O–H groups in total. The Kier molecular flexibility index (Phi) is 3.77. The first-order valence-corrected chi connectivity index (χ1v) is 4.69. The summed E-state index contributed by atoms with van der Waals surface area (Å²) in [7, 11) is 0. The van der Waals surface area contributed by atoms with E-state index in [1.165, 1.54) is 0 Å². The van der Waals surface area contributed by atoms with Crippen LogP contribution in [-0.4, -0.2) is 10.2 Å². The topological polar surface area (TPSA) is 40.5 Å². The van der Waals surface area contributed by atoms with E-state index in [4.69, 9.17) is 5.11 Å². The molecular formula is C11H16O2. The Bertz CT molecular complexity index is 269. The smallest absolute Gasteiger partial charge is 0.115 e. The summed E-state index contributed by atoms with van der Waals surface area (Å²) in [5.41, 5.74) is 1.98. The number of aryl methyl sites for hydroxylation is 1. The molecule has 72 valence electrons. The number of rotatable bonds is 4. The Morgan fingerprint density at radius 2 is 2.00 bits per heavy atom. The first kappa shape index (κ1) is 10.1. The van der Waals surface area contributed by atoms with Gasteiger partial charge in [-0.2, -0.15) is 0 Å². The largest absolute Gasteiger partial charge is 0.508 e. The molecule has 0 saturated heterocycles. The fourth-order valence-corrected chi connectivity index (χ4v) is 1.37. The van der Waals surface area contributed by atoms with Crippen LogP contribution in [0.2, 0.25) is 0 Å². The highest BCUT2D eigenvalue weighted by Gasteiger charge is 2.01. The number of hydrogen-bond donors (Lipinski definition) is 2. The Morgan fingerprint density at radius 3 is 2.62 bits per heavy atom. The fourth-order valence-electron chi connectivity index (χ4n) is 1.37. The van der Waals surface area contributed by atoms with Crippen LogP contribution < -0.4 is 0 Å². The van der Waals surface area contributed by atoms with Crippen LogP contribution in [0.3, 0.4) is 0 Å². The standard InChI is InChI=1S/C11H16O2/c1-2-3-4-9-5-6-11(13)7-10(9)8-12/h5-7,12-13H,2-4,8H2,1H3. The summed E-state index contributed by atoms with van der Waals surface area (Å²) < 4.78 is 0. The Morgan fingerprint density at radius 1 is 1.23 bits per heavy atom. The van der Waals surface area contributed by atoms with Crippen molar-refractivity contribution in [1.29, 1.82) is 0 Å². The molecule has 0 aliphatic rings. The minimum atomic E-state index is 0.00739. The summed E-state index contributed by atoms with van der Waals surface area (Å²) in [6.07, 6.45) is 3.25. The van der Waals surface area contributed by atoms with Crippen molar-refractivity contribution in [2.24, 2.45) is 0 Å². The molecular weight excluding hydrogens is 164 g/mol. The summed E-state index contributed by atoms with van der Waals surface area (Å²) in [6.45, 7) is 2.15. The van der Waals surface area contributed by atoms with Gasteiger partial charge in [0, 0.05) is 0 Å². The van der Waals surface area contributed by atoms with Crippen molar-refractivity contribution in [2.75, 3.05) is 0 Å². The van der Waals surface area contributed by atoms with E-state index in [0.717, 1.165) is 30.4 Å². The maximum Gasteiger partial charge on any atom is 0.115 e. The number of phenols is 1. The average molecular weight is 180 g/mol. The third kappa shape index (κ3) is 2.74. The summed E-state index contributed by atoms with van der Waals surface area (Å²) in [5.74, 6) is 0.226. The highest BCUT2D eigenvalue weighted by atomic mass is 16.3. The van der Waals surface area contributed by atoms with Gasteiger partial charge in [-0.15, -0.1) is 0 Å². The molecule has 13 heavy (non-hydrogen) atoms. The molecule has 0 heterocycles. The van der Waals surface area contributed by atoms with E-state index in [0.29, 0.717) is 0 Å². The number of aliphatic hydroxyl groups is 1. The van der Waals surface area contributed by atoms with Crippen LogP contribution >= 0.6 is 0 Å². The monoisotopic (exact) mass is 180 g/mol. The van der Waals surface area contributed by atoms with Gasteiger partial charge in [0.1, 0.15) is 5.75 Å².